The zero-order chi connectivity index (χ0) is 24.8. The molecule has 1 aliphatic rings. The minimum absolute atomic E-state index is 0.00782. The minimum atomic E-state index is -4.78. The van der Waals surface area contributed by atoms with Crippen molar-refractivity contribution >= 4 is 27.0 Å². The molecule has 0 spiro atoms. The largest absolute Gasteiger partial charge is 0.417 e. The normalized spacial score (nSPS) is 15.6. The van der Waals surface area contributed by atoms with Crippen LogP contribution in [0.5, 0.6) is 0 Å². The average molecular weight is 504 g/mol. The quantitative estimate of drug-likeness (QED) is 0.422. The van der Waals surface area contributed by atoms with Gasteiger partial charge in [-0.25, -0.2) is 18.4 Å². The van der Waals surface area contributed by atoms with E-state index in [-0.39, 0.29) is 26.2 Å². The van der Waals surface area contributed by atoms with Crippen LogP contribution in [0.4, 0.5) is 19.0 Å². The molecule has 2 aromatic carbocycles. The van der Waals surface area contributed by atoms with Crippen LogP contribution in [0, 0.1) is 6.92 Å². The molecule has 4 aromatic rings. The van der Waals surface area contributed by atoms with Crippen LogP contribution in [0.3, 0.4) is 0 Å². The molecule has 0 radical (unpaired) electrons. The van der Waals surface area contributed by atoms with Gasteiger partial charge < -0.3 is 4.90 Å². The van der Waals surface area contributed by atoms with Gasteiger partial charge in [0.1, 0.15) is 6.33 Å². The number of aromatic nitrogens is 5. The summed E-state index contributed by atoms with van der Waals surface area (Å²) in [4.78, 5) is 9.72. The third-order valence-electron chi connectivity index (χ3n) is 5.85. The van der Waals surface area contributed by atoms with Crippen molar-refractivity contribution in [3.63, 3.8) is 0 Å². The van der Waals surface area contributed by atoms with Gasteiger partial charge in [0.15, 0.2) is 17.0 Å². The molecule has 1 saturated heterocycles. The van der Waals surface area contributed by atoms with Crippen LogP contribution in [0.2, 0.25) is 0 Å². The second-order valence-electron chi connectivity index (χ2n) is 8.09. The first-order chi connectivity index (χ1) is 16.7. The highest BCUT2D eigenvalue weighted by atomic mass is 32.2. The predicted octanol–water partition coefficient (Wildman–Crippen LogP) is 3.05. The van der Waals surface area contributed by atoms with Crippen molar-refractivity contribution in [2.24, 2.45) is 0 Å². The van der Waals surface area contributed by atoms with Crippen LogP contribution in [-0.4, -0.2) is 63.9 Å². The van der Waals surface area contributed by atoms with Gasteiger partial charge in [-0.15, -0.1) is 5.10 Å². The average Bonchev–Trinajstić information content (AvgIpc) is 3.28. The predicted molar refractivity (Wildman–Crippen MR) is 122 cm³/mol. The molecule has 1 fully saturated rings. The molecule has 13 heteroatoms. The number of benzene rings is 2. The Morgan fingerprint density at radius 2 is 1.60 bits per heavy atom. The summed E-state index contributed by atoms with van der Waals surface area (Å²) in [7, 11) is -4.34. The number of piperazine rings is 1. The Balaban J connectivity index is 1.40. The first-order valence-corrected chi connectivity index (χ1v) is 12.1. The van der Waals surface area contributed by atoms with Crippen LogP contribution in [-0.2, 0) is 16.2 Å². The molecule has 0 atom stereocenters. The summed E-state index contributed by atoms with van der Waals surface area (Å²) >= 11 is 0. The van der Waals surface area contributed by atoms with E-state index < -0.39 is 26.7 Å². The molecule has 0 N–H and O–H groups in total. The lowest BCUT2D eigenvalue weighted by Crippen LogP contribution is -2.49. The van der Waals surface area contributed by atoms with Gasteiger partial charge in [-0.05, 0) is 31.2 Å². The summed E-state index contributed by atoms with van der Waals surface area (Å²) in [5, 5.41) is 8.44. The van der Waals surface area contributed by atoms with Crippen LogP contribution >= 0.6 is 0 Å². The Kier molecular flexibility index (Phi) is 5.68. The monoisotopic (exact) mass is 503 g/mol. The van der Waals surface area contributed by atoms with Crippen molar-refractivity contribution in [1.29, 1.82) is 0 Å². The molecule has 0 bridgehead atoms. The Labute approximate surface area is 198 Å². The van der Waals surface area contributed by atoms with Gasteiger partial charge in [-0.1, -0.05) is 35.0 Å². The van der Waals surface area contributed by atoms with E-state index >= 15 is 0 Å². The number of alkyl halides is 3. The van der Waals surface area contributed by atoms with Gasteiger partial charge in [0.25, 0.3) is 0 Å². The third kappa shape index (κ3) is 4.21. The first-order valence-electron chi connectivity index (χ1n) is 10.7. The van der Waals surface area contributed by atoms with Crippen LogP contribution in [0.1, 0.15) is 11.1 Å². The Hall–Kier alpha value is -3.58. The highest BCUT2D eigenvalue weighted by Crippen LogP contribution is 2.35. The fraction of sp³-hybridized carbons (Fsp3) is 0.273. The van der Waals surface area contributed by atoms with Crippen molar-refractivity contribution in [3.05, 3.63) is 66.0 Å². The lowest BCUT2D eigenvalue weighted by molar-refractivity contribution is -0.139. The van der Waals surface area contributed by atoms with Crippen molar-refractivity contribution in [1.82, 2.24) is 29.3 Å². The maximum atomic E-state index is 13.4. The molecule has 1 aliphatic heterocycles. The molecule has 182 valence electrons. The van der Waals surface area contributed by atoms with E-state index in [1.807, 2.05) is 36.1 Å². The maximum Gasteiger partial charge on any atom is 0.417 e. The summed E-state index contributed by atoms with van der Waals surface area (Å²) in [6.07, 6.45) is -3.39. The molecular formula is C22H20F3N7O2S. The Bertz CT molecular complexity index is 1480. The molecule has 5 rings (SSSR count). The SMILES string of the molecule is Cc1ccc(-n2nnc3c(N4CCN(S(=O)(=O)c5ccccc5C(F)(F)F)CC4)ncnc32)cc1. The molecule has 0 aliphatic carbocycles. The van der Waals surface area contributed by atoms with E-state index in [1.165, 1.54) is 18.5 Å². The third-order valence-corrected chi connectivity index (χ3v) is 7.80. The van der Waals surface area contributed by atoms with Gasteiger partial charge >= 0.3 is 6.18 Å². The van der Waals surface area contributed by atoms with Gasteiger partial charge in [0.2, 0.25) is 10.0 Å². The molecular weight excluding hydrogens is 483 g/mol. The number of aryl methyl sites for hydroxylation is 1. The van der Waals surface area contributed by atoms with Crippen molar-refractivity contribution in [2.75, 3.05) is 31.1 Å². The van der Waals surface area contributed by atoms with Gasteiger partial charge in [0.05, 0.1) is 16.1 Å². The zero-order valence-electron chi connectivity index (χ0n) is 18.5. The van der Waals surface area contributed by atoms with Gasteiger partial charge in [-0.3, -0.25) is 0 Å². The number of fused-ring (bicyclic) bond motifs is 1. The summed E-state index contributed by atoms with van der Waals surface area (Å²) in [5.74, 6) is 0.487. The van der Waals surface area contributed by atoms with Crippen LogP contribution < -0.4 is 4.90 Å². The van der Waals surface area contributed by atoms with E-state index in [2.05, 4.69) is 20.3 Å². The first kappa shape index (κ1) is 23.2. The zero-order valence-corrected chi connectivity index (χ0v) is 19.3. The Morgan fingerprint density at radius 3 is 2.29 bits per heavy atom. The van der Waals surface area contributed by atoms with Crippen molar-refractivity contribution in [2.45, 2.75) is 18.0 Å². The molecule has 2 aromatic heterocycles. The van der Waals surface area contributed by atoms with E-state index in [0.29, 0.717) is 17.0 Å². The Morgan fingerprint density at radius 1 is 0.914 bits per heavy atom. The number of rotatable bonds is 4. The second-order valence-corrected chi connectivity index (χ2v) is 10.00. The molecule has 0 amide bonds. The fourth-order valence-electron chi connectivity index (χ4n) is 4.03. The van der Waals surface area contributed by atoms with Crippen LogP contribution in [0.25, 0.3) is 16.9 Å². The van der Waals surface area contributed by atoms with E-state index in [1.54, 1.807) is 4.68 Å². The summed E-state index contributed by atoms with van der Waals surface area (Å²) < 4.78 is 69.0. The second kappa shape index (κ2) is 8.57. The topological polar surface area (TPSA) is 97.1 Å². The van der Waals surface area contributed by atoms with Crippen LogP contribution in [0.15, 0.2) is 59.8 Å². The highest BCUT2D eigenvalue weighted by Gasteiger charge is 2.39. The fourth-order valence-corrected chi connectivity index (χ4v) is 5.67. The molecule has 9 nitrogen and oxygen atoms in total. The number of hydrogen-bond donors (Lipinski definition) is 0. The number of anilines is 1. The van der Waals surface area contributed by atoms with Gasteiger partial charge in [-0.2, -0.15) is 22.2 Å². The molecule has 0 saturated carbocycles. The number of hydrogen-bond acceptors (Lipinski definition) is 7. The van der Waals surface area contributed by atoms with E-state index in [4.69, 9.17) is 0 Å². The summed E-state index contributed by atoms with van der Waals surface area (Å²) in [6, 6.07) is 11.9. The molecule has 0 unspecified atom stereocenters. The highest BCUT2D eigenvalue weighted by molar-refractivity contribution is 7.89. The maximum absolute atomic E-state index is 13.4. The van der Waals surface area contributed by atoms with Gasteiger partial charge in [0, 0.05) is 26.2 Å². The lowest BCUT2D eigenvalue weighted by atomic mass is 10.2. The number of halogens is 3. The minimum Gasteiger partial charge on any atom is -0.352 e. The smallest absolute Gasteiger partial charge is 0.352 e. The van der Waals surface area contributed by atoms with Crippen molar-refractivity contribution < 1.29 is 21.6 Å². The summed E-state index contributed by atoms with van der Waals surface area (Å²) in [6.45, 7) is 2.40. The standard InChI is InChI=1S/C22H20F3N7O2S/c1-15-6-8-16(9-7-15)32-21-19(28-29-32)20(26-14-27-21)30-10-12-31(13-11-30)35(33,34)18-5-3-2-4-17(18)22(23,24)25/h2-9,14H,10-13H2,1H3. The van der Waals surface area contributed by atoms with E-state index in [9.17, 15) is 21.6 Å². The molecule has 3 heterocycles. The molecule has 35 heavy (non-hydrogen) atoms. The number of nitrogens with zero attached hydrogens (tertiary/aromatic N) is 7. The van der Waals surface area contributed by atoms with E-state index in [0.717, 1.165) is 27.7 Å². The lowest BCUT2D eigenvalue weighted by Gasteiger charge is -2.34. The summed E-state index contributed by atoms with van der Waals surface area (Å²) in [5.41, 5.74) is 1.65. The van der Waals surface area contributed by atoms with Crippen molar-refractivity contribution in [3.8, 4) is 5.69 Å². The number of sulfonamides is 1.